The first kappa shape index (κ1) is 22.2. The normalized spacial score (nSPS) is 14.2. The van der Waals surface area contributed by atoms with Crippen molar-refractivity contribution < 1.29 is 9.13 Å². The Kier molecular flexibility index (Phi) is 6.33. The average Bonchev–Trinajstić information content (AvgIpc) is 3.24. The summed E-state index contributed by atoms with van der Waals surface area (Å²) in [5.74, 6) is 0.908. The lowest BCUT2D eigenvalue weighted by Crippen LogP contribution is -2.29. The minimum Gasteiger partial charge on any atom is -0.487 e. The molecule has 0 radical (unpaired) electrons. The number of anilines is 2. The molecule has 1 aliphatic rings. The van der Waals surface area contributed by atoms with Gasteiger partial charge in [0, 0.05) is 37.2 Å². The zero-order valence-electron chi connectivity index (χ0n) is 18.4. The van der Waals surface area contributed by atoms with Crippen molar-refractivity contribution in [3.05, 3.63) is 94.8 Å². The summed E-state index contributed by atoms with van der Waals surface area (Å²) in [7, 11) is 0. The molecule has 0 bridgehead atoms. The molecule has 0 saturated heterocycles. The van der Waals surface area contributed by atoms with E-state index in [0.717, 1.165) is 54.1 Å². The van der Waals surface area contributed by atoms with E-state index in [1.165, 1.54) is 18.5 Å². The summed E-state index contributed by atoms with van der Waals surface area (Å²) >= 11 is 6.46. The van der Waals surface area contributed by atoms with Crippen LogP contribution in [0.15, 0.2) is 72.8 Å². The topological polar surface area (TPSA) is 80.7 Å². The fraction of sp³-hybridized carbons (Fsp3) is 0.200. The first-order chi connectivity index (χ1) is 16.5. The van der Waals surface area contributed by atoms with Crippen molar-refractivity contribution in [1.29, 1.82) is 0 Å². The van der Waals surface area contributed by atoms with Crippen LogP contribution < -0.4 is 15.8 Å². The van der Waals surface area contributed by atoms with Crippen molar-refractivity contribution in [2.75, 3.05) is 18.4 Å². The van der Waals surface area contributed by atoms with Crippen LogP contribution in [-0.4, -0.2) is 32.6 Å². The molecule has 0 aliphatic carbocycles. The van der Waals surface area contributed by atoms with E-state index >= 15 is 0 Å². The van der Waals surface area contributed by atoms with Gasteiger partial charge in [-0.1, -0.05) is 29.8 Å². The van der Waals surface area contributed by atoms with Gasteiger partial charge in [0.25, 0.3) is 0 Å². The number of hydrogen-bond donors (Lipinski definition) is 2. The lowest BCUT2D eigenvalue weighted by molar-refractivity contribution is 0.286. The van der Waals surface area contributed by atoms with Gasteiger partial charge < -0.3 is 15.8 Å². The highest BCUT2D eigenvalue weighted by Crippen LogP contribution is 2.31. The molecule has 0 atom stereocenters. The Hall–Kier alpha value is -3.62. The Labute approximate surface area is 201 Å². The van der Waals surface area contributed by atoms with E-state index in [1.807, 2.05) is 16.8 Å². The first-order valence-corrected chi connectivity index (χ1v) is 11.3. The van der Waals surface area contributed by atoms with Gasteiger partial charge in [-0.2, -0.15) is 5.10 Å². The summed E-state index contributed by atoms with van der Waals surface area (Å²) in [6.45, 7) is 2.74. The number of hydrogen-bond acceptors (Lipinski definition) is 6. The Bertz CT molecular complexity index is 1350. The minimum atomic E-state index is -0.298. The Balaban J connectivity index is 1.32. The molecule has 7 nitrogen and oxygen atoms in total. The molecule has 4 aromatic rings. The Morgan fingerprint density at radius 2 is 2.09 bits per heavy atom. The highest BCUT2D eigenvalue weighted by Gasteiger charge is 2.16. The number of nitrogens with one attached hydrogen (secondary N) is 1. The third-order valence-electron chi connectivity index (χ3n) is 5.74. The maximum absolute atomic E-state index is 13.4. The highest BCUT2D eigenvalue weighted by atomic mass is 35.5. The van der Waals surface area contributed by atoms with Crippen molar-refractivity contribution in [3.8, 4) is 5.75 Å². The first-order valence-electron chi connectivity index (χ1n) is 11.0. The van der Waals surface area contributed by atoms with Crippen LogP contribution in [0.1, 0.15) is 17.5 Å². The third kappa shape index (κ3) is 4.98. The van der Waals surface area contributed by atoms with E-state index in [0.29, 0.717) is 16.6 Å². The van der Waals surface area contributed by atoms with Gasteiger partial charge in [0.05, 0.1) is 5.02 Å². The maximum Gasteiger partial charge on any atom is 0.158 e. The smallest absolute Gasteiger partial charge is 0.158 e. The second-order valence-electron chi connectivity index (χ2n) is 8.20. The van der Waals surface area contributed by atoms with Gasteiger partial charge in [-0.05, 0) is 53.9 Å². The van der Waals surface area contributed by atoms with E-state index < -0.39 is 0 Å². The summed E-state index contributed by atoms with van der Waals surface area (Å²) in [6.07, 6.45) is 6.39. The lowest BCUT2D eigenvalue weighted by atomic mass is 10.1. The summed E-state index contributed by atoms with van der Waals surface area (Å²) in [5, 5.41) is 8.14. The number of nitrogens with zero attached hydrogens (tertiary/aromatic N) is 4. The zero-order chi connectivity index (χ0) is 23.5. The predicted molar refractivity (Wildman–Crippen MR) is 131 cm³/mol. The molecule has 3 N–H and O–H groups in total. The SMILES string of the molecule is NC1=CCN(Cc2ccn3ncnc(Nc4ccc(OCc5cccc(F)c5)c(Cl)c4)c23)CC1. The summed E-state index contributed by atoms with van der Waals surface area (Å²) in [4.78, 5) is 6.81. The zero-order valence-corrected chi connectivity index (χ0v) is 19.2. The van der Waals surface area contributed by atoms with Gasteiger partial charge >= 0.3 is 0 Å². The fourth-order valence-corrected chi connectivity index (χ4v) is 4.20. The van der Waals surface area contributed by atoms with Gasteiger partial charge in [0.2, 0.25) is 0 Å². The molecule has 9 heteroatoms. The molecule has 0 spiro atoms. The Morgan fingerprint density at radius 1 is 1.18 bits per heavy atom. The number of benzene rings is 2. The van der Waals surface area contributed by atoms with Gasteiger partial charge in [0.1, 0.15) is 30.0 Å². The van der Waals surface area contributed by atoms with Crippen molar-refractivity contribution in [1.82, 2.24) is 19.5 Å². The molecule has 5 rings (SSSR count). The van der Waals surface area contributed by atoms with Crippen LogP contribution in [0.3, 0.4) is 0 Å². The molecule has 2 aromatic heterocycles. The summed E-state index contributed by atoms with van der Waals surface area (Å²) < 4.78 is 21.0. The Morgan fingerprint density at radius 3 is 2.88 bits per heavy atom. The molecule has 34 heavy (non-hydrogen) atoms. The van der Waals surface area contributed by atoms with Crippen molar-refractivity contribution in [2.45, 2.75) is 19.6 Å². The quantitative estimate of drug-likeness (QED) is 0.393. The van der Waals surface area contributed by atoms with Crippen LogP contribution >= 0.6 is 11.6 Å². The van der Waals surface area contributed by atoms with E-state index in [1.54, 1.807) is 24.3 Å². The van der Waals surface area contributed by atoms with Gasteiger partial charge in [-0.3, -0.25) is 4.90 Å². The molecule has 2 aromatic carbocycles. The van der Waals surface area contributed by atoms with E-state index in [4.69, 9.17) is 22.1 Å². The number of fused-ring (bicyclic) bond motifs is 1. The predicted octanol–water partition coefficient (Wildman–Crippen LogP) is 4.89. The molecular formula is C25H24ClFN6O. The largest absolute Gasteiger partial charge is 0.487 e. The number of aromatic nitrogens is 3. The number of ether oxygens (including phenoxy) is 1. The molecule has 174 valence electrons. The molecule has 0 unspecified atom stereocenters. The summed E-state index contributed by atoms with van der Waals surface area (Å²) in [6, 6.07) is 13.8. The standard InChI is InChI=1S/C25H24ClFN6O/c26-22-13-21(4-5-23(22)34-15-17-2-1-3-19(27)12-17)31-25-24-18(6-11-33(24)30-16-29-25)14-32-9-7-20(28)8-10-32/h1-7,11-13,16H,8-10,14-15,28H2,(H,29,30,31). The van der Waals surface area contributed by atoms with Gasteiger partial charge in [0.15, 0.2) is 5.82 Å². The molecule has 3 heterocycles. The molecule has 0 fully saturated rings. The third-order valence-corrected chi connectivity index (χ3v) is 6.03. The average molecular weight is 479 g/mol. The molecule has 0 amide bonds. The minimum absolute atomic E-state index is 0.224. The van der Waals surface area contributed by atoms with Crippen LogP contribution in [0.2, 0.25) is 5.02 Å². The lowest BCUT2D eigenvalue weighted by Gasteiger charge is -2.24. The van der Waals surface area contributed by atoms with Gasteiger partial charge in [-0.25, -0.2) is 13.9 Å². The van der Waals surface area contributed by atoms with Crippen LogP contribution in [0.5, 0.6) is 5.75 Å². The molecule has 1 aliphatic heterocycles. The second-order valence-corrected chi connectivity index (χ2v) is 8.60. The maximum atomic E-state index is 13.4. The number of rotatable bonds is 7. The highest BCUT2D eigenvalue weighted by molar-refractivity contribution is 6.32. The summed E-state index contributed by atoms with van der Waals surface area (Å²) in [5.41, 5.74) is 10.4. The second kappa shape index (κ2) is 9.70. The van der Waals surface area contributed by atoms with E-state index in [2.05, 4.69) is 32.4 Å². The van der Waals surface area contributed by atoms with Crippen LogP contribution in [0.25, 0.3) is 5.52 Å². The number of nitrogens with two attached hydrogens (primary N) is 1. The van der Waals surface area contributed by atoms with Crippen LogP contribution in [0, 0.1) is 5.82 Å². The molecular weight excluding hydrogens is 455 g/mol. The van der Waals surface area contributed by atoms with Gasteiger partial charge in [-0.15, -0.1) is 0 Å². The molecule has 0 saturated carbocycles. The van der Waals surface area contributed by atoms with E-state index in [9.17, 15) is 4.39 Å². The van der Waals surface area contributed by atoms with Crippen molar-refractivity contribution in [2.24, 2.45) is 5.73 Å². The van der Waals surface area contributed by atoms with E-state index in [-0.39, 0.29) is 12.4 Å². The van der Waals surface area contributed by atoms with Crippen LogP contribution in [-0.2, 0) is 13.2 Å². The van der Waals surface area contributed by atoms with Crippen molar-refractivity contribution in [3.63, 3.8) is 0 Å². The van der Waals surface area contributed by atoms with Crippen molar-refractivity contribution >= 4 is 28.6 Å². The van der Waals surface area contributed by atoms with Crippen LogP contribution in [0.4, 0.5) is 15.9 Å². The number of halogens is 2. The fourth-order valence-electron chi connectivity index (χ4n) is 3.97. The monoisotopic (exact) mass is 478 g/mol.